The first-order chi connectivity index (χ1) is 8.29. The molecule has 0 bridgehead atoms. The first-order valence-electron chi connectivity index (χ1n) is 5.06. The largest absolute Gasteiger partial charge is 0.345 e. The van der Waals surface area contributed by atoms with Crippen LogP contribution in [0, 0.1) is 11.3 Å². The molecule has 0 atom stereocenters. The third-order valence-corrected chi connectivity index (χ3v) is 2.18. The van der Waals surface area contributed by atoms with Crippen LogP contribution >= 0.6 is 0 Å². The van der Waals surface area contributed by atoms with Gasteiger partial charge in [0, 0.05) is 23.6 Å². The van der Waals surface area contributed by atoms with Crippen molar-refractivity contribution in [1.82, 2.24) is 9.97 Å². The molecule has 1 amide bonds. The number of H-pyrrole nitrogens is 1. The number of anilines is 1. The average molecular weight is 226 g/mol. The zero-order valence-electron chi connectivity index (χ0n) is 8.97. The number of aromatic nitrogens is 2. The molecule has 1 aromatic carbocycles. The lowest BCUT2D eigenvalue weighted by molar-refractivity contribution is -0.115. The summed E-state index contributed by atoms with van der Waals surface area (Å²) in [4.78, 5) is 18.3. The van der Waals surface area contributed by atoms with Crippen molar-refractivity contribution in [2.75, 3.05) is 5.32 Å². The van der Waals surface area contributed by atoms with Crippen molar-refractivity contribution >= 4 is 11.6 Å². The molecule has 1 heterocycles. The first-order valence-corrected chi connectivity index (χ1v) is 5.06. The molecule has 0 fully saturated rings. The molecule has 0 aliphatic rings. The zero-order chi connectivity index (χ0) is 12.1. The number of nitrogens with zero attached hydrogens (tertiary/aromatic N) is 2. The standard InChI is InChI=1S/C12H10N4O/c13-6-5-11(17)16-10-3-1-9(2-4-10)12-14-7-8-15-12/h1-4,7-8H,5H2,(H,14,15)(H,16,17). The molecular formula is C12H10N4O. The van der Waals surface area contributed by atoms with Crippen molar-refractivity contribution in [2.24, 2.45) is 0 Å². The van der Waals surface area contributed by atoms with E-state index in [1.807, 2.05) is 12.1 Å². The van der Waals surface area contributed by atoms with Crippen molar-refractivity contribution in [2.45, 2.75) is 6.42 Å². The Balaban J connectivity index is 2.09. The van der Waals surface area contributed by atoms with Crippen molar-refractivity contribution in [3.8, 4) is 17.5 Å². The Hall–Kier alpha value is -2.61. The number of nitriles is 1. The number of benzene rings is 1. The van der Waals surface area contributed by atoms with Gasteiger partial charge in [0.1, 0.15) is 12.2 Å². The van der Waals surface area contributed by atoms with Crippen LogP contribution in [0.25, 0.3) is 11.4 Å². The fraction of sp³-hybridized carbons (Fsp3) is 0.0833. The molecule has 0 aliphatic carbocycles. The summed E-state index contributed by atoms with van der Waals surface area (Å²) in [6, 6.07) is 9.03. The number of carbonyl (C=O) groups excluding carboxylic acids is 1. The molecule has 5 nitrogen and oxygen atoms in total. The zero-order valence-corrected chi connectivity index (χ0v) is 8.97. The summed E-state index contributed by atoms with van der Waals surface area (Å²) in [5, 5.41) is 11.0. The molecule has 0 aliphatic heterocycles. The van der Waals surface area contributed by atoms with Crippen LogP contribution in [0.3, 0.4) is 0 Å². The molecule has 2 aromatic rings. The van der Waals surface area contributed by atoms with Gasteiger partial charge >= 0.3 is 0 Å². The maximum atomic E-state index is 11.2. The van der Waals surface area contributed by atoms with Gasteiger partial charge in [-0.1, -0.05) is 0 Å². The lowest BCUT2D eigenvalue weighted by atomic mass is 10.2. The molecular weight excluding hydrogens is 216 g/mol. The molecule has 2 rings (SSSR count). The Kier molecular flexibility index (Phi) is 3.17. The second-order valence-corrected chi connectivity index (χ2v) is 3.40. The van der Waals surface area contributed by atoms with Gasteiger partial charge in [-0.15, -0.1) is 0 Å². The SMILES string of the molecule is N#CCC(=O)Nc1ccc(-c2ncc[nH]2)cc1. The highest BCUT2D eigenvalue weighted by molar-refractivity contribution is 5.92. The van der Waals surface area contributed by atoms with Gasteiger partial charge in [0.2, 0.25) is 5.91 Å². The lowest BCUT2D eigenvalue weighted by Crippen LogP contribution is -2.09. The average Bonchev–Trinajstić information content (AvgIpc) is 2.84. The minimum absolute atomic E-state index is 0.139. The van der Waals surface area contributed by atoms with Crippen LogP contribution in [0.15, 0.2) is 36.7 Å². The van der Waals surface area contributed by atoms with Gasteiger partial charge in [-0.25, -0.2) is 4.98 Å². The Labute approximate surface area is 98.1 Å². The van der Waals surface area contributed by atoms with Crippen molar-refractivity contribution in [3.05, 3.63) is 36.7 Å². The molecule has 2 N–H and O–H groups in total. The molecule has 0 unspecified atom stereocenters. The van der Waals surface area contributed by atoms with Crippen LogP contribution in [0.1, 0.15) is 6.42 Å². The van der Waals surface area contributed by atoms with Crippen molar-refractivity contribution in [3.63, 3.8) is 0 Å². The minimum Gasteiger partial charge on any atom is -0.345 e. The molecule has 84 valence electrons. The second-order valence-electron chi connectivity index (χ2n) is 3.40. The van der Waals surface area contributed by atoms with Gasteiger partial charge in [-0.3, -0.25) is 4.79 Å². The summed E-state index contributed by atoms with van der Waals surface area (Å²) in [5.74, 6) is 0.471. The molecule has 0 saturated carbocycles. The van der Waals surface area contributed by atoms with Crippen LogP contribution in [0.4, 0.5) is 5.69 Å². The summed E-state index contributed by atoms with van der Waals surface area (Å²) >= 11 is 0. The molecule has 5 heteroatoms. The summed E-state index contributed by atoms with van der Waals surface area (Å²) in [5.41, 5.74) is 1.61. The van der Waals surface area contributed by atoms with E-state index < -0.39 is 0 Å². The number of hydrogen-bond acceptors (Lipinski definition) is 3. The maximum Gasteiger partial charge on any atom is 0.238 e. The van der Waals surface area contributed by atoms with E-state index in [1.165, 1.54) is 0 Å². The number of nitrogens with one attached hydrogen (secondary N) is 2. The topological polar surface area (TPSA) is 81.6 Å². The Morgan fingerprint density at radius 2 is 2.18 bits per heavy atom. The van der Waals surface area contributed by atoms with Crippen molar-refractivity contribution < 1.29 is 4.79 Å². The van der Waals surface area contributed by atoms with Gasteiger partial charge < -0.3 is 10.3 Å². The van der Waals surface area contributed by atoms with Crippen LogP contribution < -0.4 is 5.32 Å². The number of aromatic amines is 1. The number of carbonyl (C=O) groups is 1. The smallest absolute Gasteiger partial charge is 0.238 e. The predicted molar refractivity (Wildman–Crippen MR) is 62.9 cm³/mol. The summed E-state index contributed by atoms with van der Waals surface area (Å²) in [6.07, 6.45) is 3.29. The monoisotopic (exact) mass is 226 g/mol. The van der Waals surface area contributed by atoms with Gasteiger partial charge in [-0.2, -0.15) is 5.26 Å². The van der Waals surface area contributed by atoms with Gasteiger partial charge in [0.15, 0.2) is 0 Å². The quantitative estimate of drug-likeness (QED) is 0.838. The molecule has 0 saturated heterocycles. The number of hydrogen-bond donors (Lipinski definition) is 2. The third-order valence-electron chi connectivity index (χ3n) is 2.18. The van der Waals surface area contributed by atoms with E-state index in [4.69, 9.17) is 5.26 Å². The van der Waals surface area contributed by atoms with Crippen LogP contribution in [-0.4, -0.2) is 15.9 Å². The molecule has 0 radical (unpaired) electrons. The van der Waals surface area contributed by atoms with E-state index in [1.54, 1.807) is 30.6 Å². The number of imidazole rings is 1. The Morgan fingerprint density at radius 3 is 2.76 bits per heavy atom. The van der Waals surface area contributed by atoms with Crippen LogP contribution in [0.5, 0.6) is 0 Å². The number of rotatable bonds is 3. The first kappa shape index (κ1) is 10.9. The molecule has 17 heavy (non-hydrogen) atoms. The highest BCUT2D eigenvalue weighted by atomic mass is 16.1. The van der Waals surface area contributed by atoms with E-state index >= 15 is 0 Å². The van der Waals surface area contributed by atoms with Crippen molar-refractivity contribution in [1.29, 1.82) is 5.26 Å². The highest BCUT2D eigenvalue weighted by Crippen LogP contribution is 2.17. The van der Waals surface area contributed by atoms with E-state index in [9.17, 15) is 4.79 Å². The fourth-order valence-electron chi connectivity index (χ4n) is 1.41. The maximum absolute atomic E-state index is 11.2. The molecule has 0 spiro atoms. The van der Waals surface area contributed by atoms with E-state index in [0.717, 1.165) is 11.4 Å². The van der Waals surface area contributed by atoms with E-state index in [-0.39, 0.29) is 12.3 Å². The summed E-state index contributed by atoms with van der Waals surface area (Å²) in [7, 11) is 0. The van der Waals surface area contributed by atoms with Gasteiger partial charge in [-0.05, 0) is 24.3 Å². The third kappa shape index (κ3) is 2.69. The Morgan fingerprint density at radius 1 is 1.41 bits per heavy atom. The second kappa shape index (κ2) is 4.94. The predicted octanol–water partition coefficient (Wildman–Crippen LogP) is 1.93. The minimum atomic E-state index is -0.307. The van der Waals surface area contributed by atoms with Gasteiger partial charge in [0.05, 0.1) is 6.07 Å². The normalized spacial score (nSPS) is 9.59. The number of amides is 1. The summed E-state index contributed by atoms with van der Waals surface area (Å²) < 4.78 is 0. The summed E-state index contributed by atoms with van der Waals surface area (Å²) in [6.45, 7) is 0. The lowest BCUT2D eigenvalue weighted by Gasteiger charge is -2.03. The highest BCUT2D eigenvalue weighted by Gasteiger charge is 2.02. The van der Waals surface area contributed by atoms with E-state index in [2.05, 4.69) is 15.3 Å². The fourth-order valence-corrected chi connectivity index (χ4v) is 1.41. The molecule has 1 aromatic heterocycles. The van der Waals surface area contributed by atoms with E-state index in [0.29, 0.717) is 5.69 Å². The van der Waals surface area contributed by atoms with Gasteiger partial charge in [0.25, 0.3) is 0 Å². The van der Waals surface area contributed by atoms with Crippen LogP contribution in [0.2, 0.25) is 0 Å². The van der Waals surface area contributed by atoms with Crippen LogP contribution in [-0.2, 0) is 4.79 Å². The Bertz CT molecular complexity index is 537.